The van der Waals surface area contributed by atoms with Crippen LogP contribution in [0.1, 0.15) is 11.1 Å². The van der Waals surface area contributed by atoms with Gasteiger partial charge >= 0.3 is 0 Å². The number of hydrogen-bond acceptors (Lipinski definition) is 3. The second-order valence-electron chi connectivity index (χ2n) is 5.47. The Hall–Kier alpha value is -2.34. The van der Waals surface area contributed by atoms with E-state index in [4.69, 9.17) is 0 Å². The minimum Gasteiger partial charge on any atom is -0.324 e. The molecule has 0 atom stereocenters. The normalized spacial score (nSPS) is 11.1. The topological polar surface area (TPSA) is 66.5 Å². The largest absolute Gasteiger partial charge is 0.324 e. The van der Waals surface area contributed by atoms with Crippen LogP contribution in [0.4, 0.5) is 11.4 Å². The number of sulfonamides is 1. The molecule has 1 N–H and O–H groups in total. The van der Waals surface area contributed by atoms with Crippen molar-refractivity contribution in [1.29, 1.82) is 0 Å². The highest BCUT2D eigenvalue weighted by Gasteiger charge is 2.20. The van der Waals surface area contributed by atoms with E-state index in [0.29, 0.717) is 11.4 Å². The van der Waals surface area contributed by atoms with E-state index < -0.39 is 10.0 Å². The van der Waals surface area contributed by atoms with Crippen LogP contribution in [0.5, 0.6) is 0 Å². The fourth-order valence-corrected chi connectivity index (χ4v) is 3.04. The zero-order valence-corrected chi connectivity index (χ0v) is 14.2. The molecule has 0 aliphatic heterocycles. The number of aryl methyl sites for hydroxylation is 2. The van der Waals surface area contributed by atoms with Gasteiger partial charge in [0.25, 0.3) is 0 Å². The summed E-state index contributed by atoms with van der Waals surface area (Å²) in [5.41, 5.74) is 3.10. The standard InChI is InChI=1S/C17H20N2O3S/c1-13-9-10-14(2)16(11-13)18-17(20)12-19(23(3,21)22)15-7-5-4-6-8-15/h4-11H,12H2,1-3H3,(H,18,20). The summed E-state index contributed by atoms with van der Waals surface area (Å²) in [5, 5.41) is 2.78. The van der Waals surface area contributed by atoms with Crippen LogP contribution in [0, 0.1) is 13.8 Å². The fraction of sp³-hybridized carbons (Fsp3) is 0.235. The Kier molecular flexibility index (Phi) is 5.05. The van der Waals surface area contributed by atoms with Crippen molar-refractivity contribution in [3.63, 3.8) is 0 Å². The Labute approximate surface area is 137 Å². The highest BCUT2D eigenvalue weighted by Crippen LogP contribution is 2.19. The molecule has 0 unspecified atom stereocenters. The molecular weight excluding hydrogens is 312 g/mol. The summed E-state index contributed by atoms with van der Waals surface area (Å²) in [6, 6.07) is 14.3. The maximum atomic E-state index is 12.3. The Morgan fingerprint density at radius 3 is 2.35 bits per heavy atom. The maximum absolute atomic E-state index is 12.3. The van der Waals surface area contributed by atoms with E-state index in [2.05, 4.69) is 5.32 Å². The van der Waals surface area contributed by atoms with Gasteiger partial charge in [-0.05, 0) is 43.2 Å². The van der Waals surface area contributed by atoms with E-state index in [1.165, 1.54) is 0 Å². The Balaban J connectivity index is 2.20. The lowest BCUT2D eigenvalue weighted by molar-refractivity contribution is -0.114. The minimum atomic E-state index is -3.55. The van der Waals surface area contributed by atoms with Gasteiger partial charge in [-0.2, -0.15) is 0 Å². The fourth-order valence-electron chi connectivity index (χ4n) is 2.18. The molecule has 0 radical (unpaired) electrons. The number of rotatable bonds is 5. The predicted molar refractivity (Wildman–Crippen MR) is 93.2 cm³/mol. The van der Waals surface area contributed by atoms with Gasteiger partial charge in [0.15, 0.2) is 0 Å². The Morgan fingerprint density at radius 2 is 1.74 bits per heavy atom. The first kappa shape index (κ1) is 17.0. The summed E-state index contributed by atoms with van der Waals surface area (Å²) < 4.78 is 25.1. The molecule has 23 heavy (non-hydrogen) atoms. The first-order valence-corrected chi connectivity index (χ1v) is 9.02. The van der Waals surface area contributed by atoms with Gasteiger partial charge in [-0.1, -0.05) is 30.3 Å². The molecule has 0 aliphatic carbocycles. The van der Waals surface area contributed by atoms with Gasteiger partial charge in [0, 0.05) is 5.69 Å². The number of anilines is 2. The molecule has 2 rings (SSSR count). The van der Waals surface area contributed by atoms with Crippen molar-refractivity contribution in [1.82, 2.24) is 0 Å². The summed E-state index contributed by atoms with van der Waals surface area (Å²) in [7, 11) is -3.55. The third kappa shape index (κ3) is 4.56. The first-order chi connectivity index (χ1) is 10.8. The smallest absolute Gasteiger partial charge is 0.245 e. The van der Waals surface area contributed by atoms with Crippen LogP contribution in [-0.4, -0.2) is 27.1 Å². The first-order valence-electron chi connectivity index (χ1n) is 7.17. The highest BCUT2D eigenvalue weighted by atomic mass is 32.2. The molecule has 0 heterocycles. The molecule has 0 bridgehead atoms. The summed E-state index contributed by atoms with van der Waals surface area (Å²) in [6.07, 6.45) is 1.09. The number of para-hydroxylation sites is 1. The van der Waals surface area contributed by atoms with Crippen molar-refractivity contribution in [3.8, 4) is 0 Å². The number of nitrogens with one attached hydrogen (secondary N) is 1. The lowest BCUT2D eigenvalue weighted by atomic mass is 10.1. The van der Waals surface area contributed by atoms with Gasteiger partial charge in [-0.15, -0.1) is 0 Å². The van der Waals surface area contributed by atoms with Crippen molar-refractivity contribution in [2.45, 2.75) is 13.8 Å². The van der Waals surface area contributed by atoms with Gasteiger partial charge in [-0.3, -0.25) is 9.10 Å². The third-order valence-electron chi connectivity index (χ3n) is 3.40. The SMILES string of the molecule is Cc1ccc(C)c(NC(=O)CN(c2ccccc2)S(C)(=O)=O)c1. The number of carbonyl (C=O) groups excluding carboxylic acids is 1. The van der Waals surface area contributed by atoms with E-state index in [1.807, 2.05) is 32.0 Å². The van der Waals surface area contributed by atoms with Gasteiger partial charge < -0.3 is 5.32 Å². The summed E-state index contributed by atoms with van der Waals surface area (Å²) in [4.78, 5) is 12.3. The second kappa shape index (κ2) is 6.83. The monoisotopic (exact) mass is 332 g/mol. The average Bonchev–Trinajstić information content (AvgIpc) is 2.48. The number of nitrogens with zero attached hydrogens (tertiary/aromatic N) is 1. The van der Waals surface area contributed by atoms with Gasteiger partial charge in [0.2, 0.25) is 15.9 Å². The van der Waals surface area contributed by atoms with Crippen LogP contribution in [-0.2, 0) is 14.8 Å². The lowest BCUT2D eigenvalue weighted by Crippen LogP contribution is -2.37. The second-order valence-corrected chi connectivity index (χ2v) is 7.38. The molecule has 1 amide bonds. The average molecular weight is 332 g/mol. The van der Waals surface area contributed by atoms with Gasteiger partial charge in [-0.25, -0.2) is 8.42 Å². The third-order valence-corrected chi connectivity index (χ3v) is 4.54. The maximum Gasteiger partial charge on any atom is 0.245 e. The van der Waals surface area contributed by atoms with E-state index in [9.17, 15) is 13.2 Å². The molecule has 0 aromatic heterocycles. The molecule has 2 aromatic rings. The van der Waals surface area contributed by atoms with Crippen molar-refractivity contribution in [2.75, 3.05) is 22.4 Å². The van der Waals surface area contributed by atoms with Crippen molar-refractivity contribution in [3.05, 3.63) is 59.7 Å². The van der Waals surface area contributed by atoms with Crippen molar-refractivity contribution < 1.29 is 13.2 Å². The molecular formula is C17H20N2O3S. The molecule has 6 heteroatoms. The molecule has 0 spiro atoms. The number of carbonyl (C=O) groups is 1. The van der Waals surface area contributed by atoms with E-state index in [0.717, 1.165) is 21.7 Å². The van der Waals surface area contributed by atoms with Crippen molar-refractivity contribution in [2.24, 2.45) is 0 Å². The van der Waals surface area contributed by atoms with Crippen LogP contribution < -0.4 is 9.62 Å². The van der Waals surface area contributed by atoms with Gasteiger partial charge in [0.1, 0.15) is 6.54 Å². The molecule has 0 saturated carbocycles. The molecule has 0 saturated heterocycles. The van der Waals surface area contributed by atoms with Crippen molar-refractivity contribution >= 4 is 27.3 Å². The summed E-state index contributed by atoms with van der Waals surface area (Å²) >= 11 is 0. The summed E-state index contributed by atoms with van der Waals surface area (Å²) in [5.74, 6) is -0.382. The lowest BCUT2D eigenvalue weighted by Gasteiger charge is -2.22. The Bertz CT molecular complexity index is 802. The van der Waals surface area contributed by atoms with Crippen LogP contribution in [0.15, 0.2) is 48.5 Å². The minimum absolute atomic E-state index is 0.268. The van der Waals surface area contributed by atoms with Crippen LogP contribution in [0.2, 0.25) is 0 Å². The van der Waals surface area contributed by atoms with Gasteiger partial charge in [0.05, 0.1) is 11.9 Å². The van der Waals surface area contributed by atoms with Crippen LogP contribution in [0.25, 0.3) is 0 Å². The number of amides is 1. The molecule has 122 valence electrons. The molecule has 5 nitrogen and oxygen atoms in total. The summed E-state index contributed by atoms with van der Waals surface area (Å²) in [6.45, 7) is 3.55. The van der Waals surface area contributed by atoms with Crippen LogP contribution in [0.3, 0.4) is 0 Å². The zero-order chi connectivity index (χ0) is 17.0. The van der Waals surface area contributed by atoms with E-state index in [1.54, 1.807) is 30.3 Å². The van der Waals surface area contributed by atoms with E-state index >= 15 is 0 Å². The molecule has 0 aliphatic rings. The number of hydrogen-bond donors (Lipinski definition) is 1. The molecule has 0 fully saturated rings. The zero-order valence-electron chi connectivity index (χ0n) is 13.4. The molecule has 2 aromatic carbocycles. The number of benzene rings is 2. The van der Waals surface area contributed by atoms with Crippen LogP contribution >= 0.6 is 0 Å². The predicted octanol–water partition coefficient (Wildman–Crippen LogP) is 2.71. The van der Waals surface area contributed by atoms with E-state index in [-0.39, 0.29) is 12.5 Å². The quantitative estimate of drug-likeness (QED) is 0.915. The highest BCUT2D eigenvalue weighted by molar-refractivity contribution is 7.92. The Morgan fingerprint density at radius 1 is 1.09 bits per heavy atom.